The van der Waals surface area contributed by atoms with Gasteiger partial charge in [0.2, 0.25) is 11.8 Å². The molecule has 0 aromatic carbocycles. The Labute approximate surface area is 124 Å². The molecule has 5 nitrogen and oxygen atoms in total. The molecule has 0 saturated heterocycles. The molecule has 2 atom stereocenters. The number of carbonyl (C=O) groups is 2. The van der Waals surface area contributed by atoms with Gasteiger partial charge in [-0.2, -0.15) is 0 Å². The van der Waals surface area contributed by atoms with Gasteiger partial charge in [-0.15, -0.1) is 11.3 Å². The topological polar surface area (TPSA) is 71.1 Å². The van der Waals surface area contributed by atoms with E-state index in [9.17, 15) is 9.59 Å². The minimum absolute atomic E-state index is 0.0122. The van der Waals surface area contributed by atoms with Crippen LogP contribution in [0.2, 0.25) is 0 Å². The van der Waals surface area contributed by atoms with Crippen LogP contribution < -0.4 is 10.6 Å². The predicted molar refractivity (Wildman–Crippen MR) is 81.5 cm³/mol. The van der Waals surface area contributed by atoms with E-state index in [2.05, 4.69) is 15.6 Å². The van der Waals surface area contributed by atoms with Gasteiger partial charge in [0, 0.05) is 17.2 Å². The van der Waals surface area contributed by atoms with Gasteiger partial charge in [-0.25, -0.2) is 4.98 Å². The summed E-state index contributed by atoms with van der Waals surface area (Å²) in [5, 5.41) is 8.07. The number of nitrogens with one attached hydrogen (secondary N) is 2. The summed E-state index contributed by atoms with van der Waals surface area (Å²) in [7, 11) is 0. The monoisotopic (exact) mass is 297 g/mol. The van der Waals surface area contributed by atoms with E-state index < -0.39 is 0 Å². The highest BCUT2D eigenvalue weighted by atomic mass is 32.1. The minimum Gasteiger partial charge on any atom is -0.350 e. The number of thiazole rings is 1. The summed E-state index contributed by atoms with van der Waals surface area (Å²) < 4.78 is 0. The molecule has 2 N–H and O–H groups in total. The average Bonchev–Trinajstić information content (AvgIpc) is 2.90. The van der Waals surface area contributed by atoms with E-state index >= 15 is 0 Å². The van der Waals surface area contributed by atoms with Crippen LogP contribution in [0.5, 0.6) is 0 Å². The maximum absolute atomic E-state index is 11.7. The molecule has 0 aliphatic heterocycles. The Hall–Kier alpha value is -1.43. The van der Waals surface area contributed by atoms with Crippen LogP contribution in [0.15, 0.2) is 5.38 Å². The molecule has 1 aromatic heterocycles. The van der Waals surface area contributed by atoms with Crippen LogP contribution in [0.1, 0.15) is 46.2 Å². The SMILES string of the molecule is CCC(C)C(=O)NCc1csc(NC(=O)C(C)CC)n1. The lowest BCUT2D eigenvalue weighted by Crippen LogP contribution is -2.28. The number of rotatable bonds is 7. The Bertz CT molecular complexity index is 459. The van der Waals surface area contributed by atoms with Gasteiger partial charge in [0.15, 0.2) is 5.13 Å². The van der Waals surface area contributed by atoms with Crippen molar-refractivity contribution in [1.82, 2.24) is 10.3 Å². The van der Waals surface area contributed by atoms with Crippen molar-refractivity contribution in [1.29, 1.82) is 0 Å². The summed E-state index contributed by atoms with van der Waals surface area (Å²) in [6, 6.07) is 0. The highest BCUT2D eigenvalue weighted by Gasteiger charge is 2.13. The highest BCUT2D eigenvalue weighted by molar-refractivity contribution is 7.13. The Morgan fingerprint density at radius 3 is 2.40 bits per heavy atom. The van der Waals surface area contributed by atoms with Crippen molar-refractivity contribution in [3.8, 4) is 0 Å². The minimum atomic E-state index is -0.0209. The zero-order valence-electron chi connectivity index (χ0n) is 12.5. The first kappa shape index (κ1) is 16.6. The maximum atomic E-state index is 11.7. The quantitative estimate of drug-likeness (QED) is 0.813. The van der Waals surface area contributed by atoms with E-state index in [0.29, 0.717) is 11.7 Å². The molecule has 0 aliphatic rings. The van der Waals surface area contributed by atoms with E-state index in [1.54, 1.807) is 0 Å². The Kier molecular flexibility index (Phi) is 6.64. The summed E-state index contributed by atoms with van der Waals surface area (Å²) in [5.41, 5.74) is 0.770. The normalized spacial score (nSPS) is 13.6. The fourth-order valence-corrected chi connectivity index (χ4v) is 2.11. The van der Waals surface area contributed by atoms with Crippen LogP contribution in [0.25, 0.3) is 0 Å². The van der Waals surface area contributed by atoms with E-state index in [-0.39, 0.29) is 23.7 Å². The summed E-state index contributed by atoms with van der Waals surface area (Å²) in [5.74, 6) is 0.00778. The van der Waals surface area contributed by atoms with Gasteiger partial charge in [0.1, 0.15) is 0 Å². The largest absolute Gasteiger partial charge is 0.350 e. The smallest absolute Gasteiger partial charge is 0.228 e. The fraction of sp³-hybridized carbons (Fsp3) is 0.643. The summed E-state index contributed by atoms with van der Waals surface area (Å²) in [4.78, 5) is 27.7. The van der Waals surface area contributed by atoms with E-state index in [1.807, 2.05) is 33.1 Å². The molecule has 2 amide bonds. The molecule has 1 heterocycles. The van der Waals surface area contributed by atoms with Crippen molar-refractivity contribution in [2.45, 2.75) is 47.1 Å². The maximum Gasteiger partial charge on any atom is 0.228 e. The molecule has 1 rings (SSSR count). The molecule has 6 heteroatoms. The van der Waals surface area contributed by atoms with Crippen LogP contribution >= 0.6 is 11.3 Å². The molecule has 0 saturated carbocycles. The second kappa shape index (κ2) is 7.99. The molecule has 0 aliphatic carbocycles. The lowest BCUT2D eigenvalue weighted by molar-refractivity contribution is -0.124. The lowest BCUT2D eigenvalue weighted by Gasteiger charge is -2.08. The fourth-order valence-electron chi connectivity index (χ4n) is 1.40. The van der Waals surface area contributed by atoms with Crippen LogP contribution in [0, 0.1) is 11.8 Å². The summed E-state index contributed by atoms with van der Waals surface area (Å²) in [6.07, 6.45) is 1.62. The molecular formula is C14H23N3O2S. The number of anilines is 1. The standard InChI is InChI=1S/C14H23N3O2S/c1-5-9(3)12(18)15-7-11-8-20-14(16-11)17-13(19)10(4)6-2/h8-10H,5-7H2,1-4H3,(H,15,18)(H,16,17,19). The Morgan fingerprint density at radius 1 is 1.20 bits per heavy atom. The van der Waals surface area contributed by atoms with Crippen LogP contribution in [-0.2, 0) is 16.1 Å². The van der Waals surface area contributed by atoms with Gasteiger partial charge in [-0.05, 0) is 12.8 Å². The third-order valence-corrected chi connectivity index (χ3v) is 4.15. The van der Waals surface area contributed by atoms with Crippen molar-refractivity contribution < 1.29 is 9.59 Å². The number of aromatic nitrogens is 1. The average molecular weight is 297 g/mol. The van der Waals surface area contributed by atoms with Crippen LogP contribution in [0.3, 0.4) is 0 Å². The van der Waals surface area contributed by atoms with Gasteiger partial charge < -0.3 is 10.6 Å². The molecule has 1 aromatic rings. The zero-order valence-corrected chi connectivity index (χ0v) is 13.3. The third-order valence-electron chi connectivity index (χ3n) is 3.35. The zero-order chi connectivity index (χ0) is 15.1. The first-order chi connectivity index (χ1) is 9.47. The van der Waals surface area contributed by atoms with Gasteiger partial charge in [0.05, 0.1) is 12.2 Å². The molecule has 0 bridgehead atoms. The van der Waals surface area contributed by atoms with Crippen molar-refractivity contribution in [2.75, 3.05) is 5.32 Å². The Balaban J connectivity index is 2.47. The number of amides is 2. The van der Waals surface area contributed by atoms with Gasteiger partial charge in [-0.1, -0.05) is 27.7 Å². The molecule has 0 fully saturated rings. The highest BCUT2D eigenvalue weighted by Crippen LogP contribution is 2.17. The lowest BCUT2D eigenvalue weighted by atomic mass is 10.1. The van der Waals surface area contributed by atoms with Gasteiger partial charge in [-0.3, -0.25) is 9.59 Å². The molecule has 0 spiro atoms. The first-order valence-corrected chi connectivity index (χ1v) is 7.88. The summed E-state index contributed by atoms with van der Waals surface area (Å²) in [6.45, 7) is 8.14. The number of nitrogens with zero attached hydrogens (tertiary/aromatic N) is 1. The molecule has 0 radical (unpaired) electrons. The summed E-state index contributed by atoms with van der Waals surface area (Å²) >= 11 is 1.38. The van der Waals surface area contributed by atoms with Crippen LogP contribution in [0.4, 0.5) is 5.13 Å². The van der Waals surface area contributed by atoms with E-state index in [4.69, 9.17) is 0 Å². The first-order valence-electron chi connectivity index (χ1n) is 7.00. The number of carbonyl (C=O) groups excluding carboxylic acids is 2. The number of hydrogen-bond acceptors (Lipinski definition) is 4. The van der Waals surface area contributed by atoms with Crippen LogP contribution in [-0.4, -0.2) is 16.8 Å². The van der Waals surface area contributed by atoms with E-state index in [0.717, 1.165) is 18.5 Å². The van der Waals surface area contributed by atoms with Crippen molar-refractivity contribution in [2.24, 2.45) is 11.8 Å². The Morgan fingerprint density at radius 2 is 1.80 bits per heavy atom. The second-order valence-electron chi connectivity index (χ2n) is 4.97. The number of hydrogen-bond donors (Lipinski definition) is 2. The van der Waals surface area contributed by atoms with E-state index in [1.165, 1.54) is 11.3 Å². The van der Waals surface area contributed by atoms with Gasteiger partial charge >= 0.3 is 0 Å². The predicted octanol–water partition coefficient (Wildman–Crippen LogP) is 2.79. The molecule has 20 heavy (non-hydrogen) atoms. The third kappa shape index (κ3) is 4.92. The van der Waals surface area contributed by atoms with Crippen molar-refractivity contribution >= 4 is 28.3 Å². The van der Waals surface area contributed by atoms with Crippen molar-refractivity contribution in [3.63, 3.8) is 0 Å². The van der Waals surface area contributed by atoms with Crippen molar-refractivity contribution in [3.05, 3.63) is 11.1 Å². The van der Waals surface area contributed by atoms with Gasteiger partial charge in [0.25, 0.3) is 0 Å². The molecule has 112 valence electrons. The molecule has 2 unspecified atom stereocenters. The second-order valence-corrected chi connectivity index (χ2v) is 5.83. The molecular weight excluding hydrogens is 274 g/mol.